The van der Waals surface area contributed by atoms with Crippen LogP contribution < -0.4 is 5.73 Å². The summed E-state index contributed by atoms with van der Waals surface area (Å²) >= 11 is 0. The summed E-state index contributed by atoms with van der Waals surface area (Å²) in [4.78, 5) is 16.1. The Morgan fingerprint density at radius 2 is 2.13 bits per heavy atom. The van der Waals surface area contributed by atoms with Gasteiger partial charge in [-0.3, -0.25) is 9.69 Å². The molecule has 4 nitrogen and oxygen atoms in total. The minimum Gasteiger partial charge on any atom is -0.342 e. The van der Waals surface area contributed by atoms with E-state index in [0.717, 1.165) is 32.6 Å². The first-order chi connectivity index (χ1) is 7.10. The minimum atomic E-state index is -0.0153. The van der Waals surface area contributed by atoms with Crippen LogP contribution in [0.3, 0.4) is 0 Å². The van der Waals surface area contributed by atoms with Gasteiger partial charge in [0.05, 0.1) is 6.04 Å². The van der Waals surface area contributed by atoms with E-state index in [-0.39, 0.29) is 18.0 Å². The Balaban J connectivity index is 2.52. The first-order valence-electron chi connectivity index (χ1n) is 5.88. The number of hydrogen-bond acceptors (Lipinski definition) is 3. The van der Waals surface area contributed by atoms with Crippen LogP contribution in [0.15, 0.2) is 0 Å². The summed E-state index contributed by atoms with van der Waals surface area (Å²) in [5, 5.41) is 0. The van der Waals surface area contributed by atoms with Crippen molar-refractivity contribution in [1.82, 2.24) is 9.80 Å². The molecule has 0 aromatic rings. The molecule has 1 fully saturated rings. The molecule has 0 aromatic carbocycles. The lowest BCUT2D eigenvalue weighted by Gasteiger charge is -2.28. The van der Waals surface area contributed by atoms with Crippen LogP contribution in [-0.2, 0) is 4.79 Å². The second-order valence-corrected chi connectivity index (χ2v) is 4.23. The molecule has 88 valence electrons. The molecule has 1 unspecified atom stereocenters. The molecular weight excluding hydrogens is 190 g/mol. The molecule has 1 rings (SSSR count). The van der Waals surface area contributed by atoms with Crippen LogP contribution >= 0.6 is 0 Å². The smallest absolute Gasteiger partial charge is 0.239 e. The highest BCUT2D eigenvalue weighted by Crippen LogP contribution is 2.12. The first-order valence-corrected chi connectivity index (χ1v) is 5.88. The summed E-state index contributed by atoms with van der Waals surface area (Å²) in [7, 11) is 0. The molecule has 1 saturated heterocycles. The van der Waals surface area contributed by atoms with Crippen LogP contribution in [0.2, 0.25) is 0 Å². The molecule has 1 aliphatic heterocycles. The number of rotatable bonds is 4. The molecule has 1 aliphatic rings. The average Bonchev–Trinajstić information content (AvgIpc) is 2.65. The summed E-state index contributed by atoms with van der Waals surface area (Å²) in [6.45, 7) is 9.41. The van der Waals surface area contributed by atoms with E-state index in [1.165, 1.54) is 0 Å². The van der Waals surface area contributed by atoms with Crippen molar-refractivity contribution in [1.29, 1.82) is 0 Å². The molecular formula is C11H23N3O. The fourth-order valence-electron chi connectivity index (χ4n) is 2.12. The van der Waals surface area contributed by atoms with Gasteiger partial charge in [0.15, 0.2) is 0 Å². The molecule has 1 amide bonds. The molecule has 0 aromatic heterocycles. The molecule has 4 heteroatoms. The Labute approximate surface area is 92.4 Å². The molecule has 15 heavy (non-hydrogen) atoms. The van der Waals surface area contributed by atoms with Crippen molar-refractivity contribution in [2.45, 2.75) is 39.3 Å². The maximum atomic E-state index is 12.0. The monoisotopic (exact) mass is 213 g/mol. The Bertz CT molecular complexity index is 216. The van der Waals surface area contributed by atoms with Gasteiger partial charge in [0, 0.05) is 32.2 Å². The number of carbonyl (C=O) groups excluding carboxylic acids is 1. The Morgan fingerprint density at radius 1 is 1.53 bits per heavy atom. The van der Waals surface area contributed by atoms with Gasteiger partial charge in [0.25, 0.3) is 0 Å². The third-order valence-electron chi connectivity index (χ3n) is 3.24. The van der Waals surface area contributed by atoms with E-state index in [1.807, 2.05) is 25.7 Å². The number of amides is 1. The second kappa shape index (κ2) is 5.47. The van der Waals surface area contributed by atoms with E-state index in [2.05, 4.69) is 4.90 Å². The third-order valence-corrected chi connectivity index (χ3v) is 3.24. The predicted octanol–water partition coefficient (Wildman–Crippen LogP) is 0.276. The van der Waals surface area contributed by atoms with E-state index in [1.54, 1.807) is 0 Å². The van der Waals surface area contributed by atoms with Crippen LogP contribution in [0.1, 0.15) is 27.2 Å². The predicted molar refractivity (Wildman–Crippen MR) is 61.6 cm³/mol. The zero-order chi connectivity index (χ0) is 11.4. The lowest BCUT2D eigenvalue weighted by atomic mass is 10.2. The fourth-order valence-corrected chi connectivity index (χ4v) is 2.12. The van der Waals surface area contributed by atoms with Gasteiger partial charge in [-0.05, 0) is 27.2 Å². The maximum absolute atomic E-state index is 12.0. The number of nitrogens with two attached hydrogens (primary N) is 1. The molecule has 1 heterocycles. The van der Waals surface area contributed by atoms with Crippen LogP contribution in [-0.4, -0.2) is 54.0 Å². The fraction of sp³-hybridized carbons (Fsp3) is 0.909. The number of likely N-dealkylation sites (N-methyl/N-ethyl adjacent to an activating group) is 1. The van der Waals surface area contributed by atoms with Gasteiger partial charge in [-0.25, -0.2) is 0 Å². The van der Waals surface area contributed by atoms with E-state index < -0.39 is 0 Å². The standard InChI is InChI=1S/C11H23N3O/c1-4-13(5-2)11(15)9(3)14-7-6-10(12)8-14/h9-10H,4-8,12H2,1-3H3/t9?,10-/m1/s1. The molecule has 0 bridgehead atoms. The van der Waals surface area contributed by atoms with Crippen molar-refractivity contribution in [3.05, 3.63) is 0 Å². The molecule has 0 spiro atoms. The van der Waals surface area contributed by atoms with Crippen molar-refractivity contribution in [2.24, 2.45) is 5.73 Å². The highest BCUT2D eigenvalue weighted by atomic mass is 16.2. The Hall–Kier alpha value is -0.610. The maximum Gasteiger partial charge on any atom is 0.239 e. The molecule has 0 aliphatic carbocycles. The van der Waals surface area contributed by atoms with Gasteiger partial charge in [-0.1, -0.05) is 0 Å². The molecule has 2 atom stereocenters. The zero-order valence-corrected chi connectivity index (χ0v) is 10.1. The quantitative estimate of drug-likeness (QED) is 0.729. The van der Waals surface area contributed by atoms with E-state index >= 15 is 0 Å². The summed E-state index contributed by atoms with van der Waals surface area (Å²) in [6, 6.07) is 0.232. The van der Waals surface area contributed by atoms with E-state index in [9.17, 15) is 4.79 Å². The van der Waals surface area contributed by atoms with E-state index in [0.29, 0.717) is 0 Å². The SMILES string of the molecule is CCN(CC)C(=O)C(C)N1CC[C@@H](N)C1. The summed E-state index contributed by atoms with van der Waals surface area (Å²) in [6.07, 6.45) is 1.01. The van der Waals surface area contributed by atoms with Gasteiger partial charge in [0.1, 0.15) is 0 Å². The first kappa shape index (κ1) is 12.5. The van der Waals surface area contributed by atoms with Crippen molar-refractivity contribution < 1.29 is 4.79 Å². The summed E-state index contributed by atoms with van der Waals surface area (Å²) in [5.74, 6) is 0.231. The number of hydrogen-bond donors (Lipinski definition) is 1. The average molecular weight is 213 g/mol. The lowest BCUT2D eigenvalue weighted by Crippen LogP contribution is -2.46. The molecule has 0 radical (unpaired) electrons. The summed E-state index contributed by atoms with van der Waals surface area (Å²) in [5.41, 5.74) is 5.84. The van der Waals surface area contributed by atoms with Crippen LogP contribution in [0.5, 0.6) is 0 Å². The number of nitrogens with zero attached hydrogens (tertiary/aromatic N) is 2. The summed E-state index contributed by atoms with van der Waals surface area (Å²) < 4.78 is 0. The highest BCUT2D eigenvalue weighted by Gasteiger charge is 2.29. The zero-order valence-electron chi connectivity index (χ0n) is 10.1. The Morgan fingerprint density at radius 3 is 2.53 bits per heavy atom. The van der Waals surface area contributed by atoms with Gasteiger partial charge in [0.2, 0.25) is 5.91 Å². The normalized spacial score (nSPS) is 24.1. The topological polar surface area (TPSA) is 49.6 Å². The van der Waals surface area contributed by atoms with Gasteiger partial charge in [-0.2, -0.15) is 0 Å². The van der Waals surface area contributed by atoms with Crippen LogP contribution in [0.4, 0.5) is 0 Å². The lowest BCUT2D eigenvalue weighted by molar-refractivity contribution is -0.135. The Kier molecular flexibility index (Phi) is 4.54. The number of carbonyl (C=O) groups is 1. The molecule has 0 saturated carbocycles. The van der Waals surface area contributed by atoms with Gasteiger partial charge >= 0.3 is 0 Å². The minimum absolute atomic E-state index is 0.0153. The van der Waals surface area contributed by atoms with Crippen molar-refractivity contribution in [2.75, 3.05) is 26.2 Å². The molecule has 2 N–H and O–H groups in total. The van der Waals surface area contributed by atoms with Gasteiger partial charge < -0.3 is 10.6 Å². The van der Waals surface area contributed by atoms with Crippen molar-refractivity contribution in [3.63, 3.8) is 0 Å². The van der Waals surface area contributed by atoms with Crippen molar-refractivity contribution in [3.8, 4) is 0 Å². The second-order valence-electron chi connectivity index (χ2n) is 4.23. The largest absolute Gasteiger partial charge is 0.342 e. The van der Waals surface area contributed by atoms with E-state index in [4.69, 9.17) is 5.73 Å². The third kappa shape index (κ3) is 2.92. The highest BCUT2D eigenvalue weighted by molar-refractivity contribution is 5.81. The van der Waals surface area contributed by atoms with Gasteiger partial charge in [-0.15, -0.1) is 0 Å². The van der Waals surface area contributed by atoms with Crippen molar-refractivity contribution >= 4 is 5.91 Å². The van der Waals surface area contributed by atoms with Crippen LogP contribution in [0, 0.1) is 0 Å². The number of likely N-dealkylation sites (tertiary alicyclic amines) is 1. The van der Waals surface area contributed by atoms with Crippen LogP contribution in [0.25, 0.3) is 0 Å².